The molecule has 7 heteroatoms. The van der Waals surface area contributed by atoms with Crippen LogP contribution in [0.2, 0.25) is 0 Å². The zero-order valence-corrected chi connectivity index (χ0v) is 13.9. The summed E-state index contributed by atoms with van der Waals surface area (Å²) in [6, 6.07) is 13.5. The molecular formula is C18H12FN3O2S. The zero-order chi connectivity index (χ0) is 17.8. The highest BCUT2D eigenvalue weighted by molar-refractivity contribution is 7.22. The second kappa shape index (κ2) is 7.11. The van der Waals surface area contributed by atoms with Crippen molar-refractivity contribution in [2.75, 3.05) is 12.4 Å². The number of thiazole rings is 1. The molecule has 25 heavy (non-hydrogen) atoms. The number of methoxy groups -OCH3 is 1. The van der Waals surface area contributed by atoms with Gasteiger partial charge in [0.1, 0.15) is 28.7 Å². The molecule has 0 aliphatic heterocycles. The topological polar surface area (TPSA) is 75.0 Å². The number of carbonyl (C=O) groups is 1. The molecule has 1 amide bonds. The van der Waals surface area contributed by atoms with Crippen molar-refractivity contribution in [1.82, 2.24) is 4.98 Å². The van der Waals surface area contributed by atoms with Crippen molar-refractivity contribution in [1.29, 1.82) is 5.26 Å². The Kier molecular flexibility index (Phi) is 4.73. The molecule has 0 radical (unpaired) electrons. The molecule has 0 saturated carbocycles. The predicted molar refractivity (Wildman–Crippen MR) is 94.8 cm³/mol. The van der Waals surface area contributed by atoms with E-state index in [9.17, 15) is 14.4 Å². The number of benzene rings is 2. The second-order valence-corrected chi connectivity index (χ2v) is 6.00. The lowest BCUT2D eigenvalue weighted by Gasteiger charge is -2.05. The largest absolute Gasteiger partial charge is 0.496 e. The Morgan fingerprint density at radius 3 is 2.84 bits per heavy atom. The van der Waals surface area contributed by atoms with Gasteiger partial charge in [-0.25, -0.2) is 9.37 Å². The number of nitriles is 1. The van der Waals surface area contributed by atoms with Gasteiger partial charge in [0.15, 0.2) is 5.13 Å². The number of nitrogens with zero attached hydrogens (tertiary/aromatic N) is 2. The molecule has 1 aromatic heterocycles. The molecule has 0 fully saturated rings. The van der Waals surface area contributed by atoms with E-state index in [0.29, 0.717) is 16.0 Å². The van der Waals surface area contributed by atoms with Crippen LogP contribution in [-0.4, -0.2) is 18.0 Å². The number of nitrogens with one attached hydrogen (secondary N) is 1. The van der Waals surface area contributed by atoms with Crippen molar-refractivity contribution in [3.05, 3.63) is 59.4 Å². The first-order valence-electron chi connectivity index (χ1n) is 7.23. The lowest BCUT2D eigenvalue weighted by Crippen LogP contribution is -2.13. The number of rotatable bonds is 4. The van der Waals surface area contributed by atoms with Crippen LogP contribution in [-0.2, 0) is 4.79 Å². The Bertz CT molecular complexity index is 1020. The molecule has 5 nitrogen and oxygen atoms in total. The maximum atomic E-state index is 13.7. The van der Waals surface area contributed by atoms with Gasteiger partial charge in [-0.3, -0.25) is 10.1 Å². The minimum Gasteiger partial charge on any atom is -0.496 e. The first kappa shape index (κ1) is 16.6. The van der Waals surface area contributed by atoms with Crippen LogP contribution >= 0.6 is 11.3 Å². The first-order chi connectivity index (χ1) is 12.1. The summed E-state index contributed by atoms with van der Waals surface area (Å²) in [4.78, 5) is 16.4. The molecule has 0 aliphatic carbocycles. The van der Waals surface area contributed by atoms with Crippen LogP contribution in [0, 0.1) is 17.1 Å². The number of amides is 1. The Morgan fingerprint density at radius 2 is 2.12 bits per heavy atom. The van der Waals surface area contributed by atoms with Crippen LogP contribution in [0.4, 0.5) is 9.52 Å². The molecule has 1 N–H and O–H groups in total. The monoisotopic (exact) mass is 353 g/mol. The highest BCUT2D eigenvalue weighted by atomic mass is 32.1. The van der Waals surface area contributed by atoms with Crippen LogP contribution in [0.1, 0.15) is 5.56 Å². The van der Waals surface area contributed by atoms with Gasteiger partial charge in [0.05, 0.1) is 11.8 Å². The average Bonchev–Trinajstić information content (AvgIpc) is 3.03. The minimum absolute atomic E-state index is 0.107. The normalized spacial score (nSPS) is 11.2. The number of fused-ring (bicyclic) bond motifs is 1. The number of anilines is 1. The first-order valence-corrected chi connectivity index (χ1v) is 8.05. The van der Waals surface area contributed by atoms with Crippen molar-refractivity contribution in [3.63, 3.8) is 0 Å². The summed E-state index contributed by atoms with van der Waals surface area (Å²) >= 11 is 1.14. The van der Waals surface area contributed by atoms with Gasteiger partial charge in [0.2, 0.25) is 0 Å². The molecule has 1 heterocycles. The van der Waals surface area contributed by atoms with Gasteiger partial charge in [0, 0.05) is 5.56 Å². The van der Waals surface area contributed by atoms with Gasteiger partial charge in [-0.2, -0.15) is 5.26 Å². The zero-order valence-electron chi connectivity index (χ0n) is 13.1. The van der Waals surface area contributed by atoms with Crippen molar-refractivity contribution < 1.29 is 13.9 Å². The predicted octanol–water partition coefficient (Wildman–Crippen LogP) is 3.99. The molecule has 0 saturated heterocycles. The molecule has 3 rings (SSSR count). The molecule has 0 spiro atoms. The van der Waals surface area contributed by atoms with Gasteiger partial charge >= 0.3 is 0 Å². The molecule has 0 bridgehead atoms. The maximum Gasteiger partial charge on any atom is 0.268 e. The van der Waals surface area contributed by atoms with Crippen LogP contribution in [0.25, 0.3) is 16.3 Å². The van der Waals surface area contributed by atoms with Gasteiger partial charge in [-0.1, -0.05) is 35.6 Å². The molecule has 0 unspecified atom stereocenters. The molecule has 0 atom stereocenters. The van der Waals surface area contributed by atoms with Crippen LogP contribution in [0.3, 0.4) is 0 Å². The lowest BCUT2D eigenvalue weighted by molar-refractivity contribution is -0.112. The Balaban J connectivity index is 1.88. The Hall–Kier alpha value is -3.24. The van der Waals surface area contributed by atoms with E-state index in [0.717, 1.165) is 11.3 Å². The molecule has 124 valence electrons. The quantitative estimate of drug-likeness (QED) is 0.568. The third kappa shape index (κ3) is 3.49. The van der Waals surface area contributed by atoms with Crippen molar-refractivity contribution in [2.45, 2.75) is 0 Å². The molecule has 2 aromatic carbocycles. The van der Waals surface area contributed by atoms with Gasteiger partial charge in [-0.15, -0.1) is 0 Å². The number of aromatic nitrogens is 1. The fourth-order valence-corrected chi connectivity index (χ4v) is 3.10. The van der Waals surface area contributed by atoms with E-state index in [1.165, 1.54) is 19.3 Å². The van der Waals surface area contributed by atoms with E-state index < -0.39 is 11.7 Å². The second-order valence-electron chi connectivity index (χ2n) is 4.97. The summed E-state index contributed by atoms with van der Waals surface area (Å²) in [5.41, 5.74) is 0.686. The SMILES string of the molecule is COc1ccccc1/C=C(\C#N)C(=O)Nc1nc2c(F)cccc2s1. The number of hydrogen-bond donors (Lipinski definition) is 1. The number of carbonyl (C=O) groups excluding carboxylic acids is 1. The standard InChI is InChI=1S/C18H12FN3O2S/c1-24-14-7-3-2-5-11(14)9-12(10-20)17(23)22-18-21-16-13(19)6-4-8-15(16)25-18/h2-9H,1H3,(H,21,22,23)/b12-9+. The summed E-state index contributed by atoms with van der Waals surface area (Å²) in [5.74, 6) is -0.530. The van der Waals surface area contributed by atoms with E-state index in [1.807, 2.05) is 6.07 Å². The summed E-state index contributed by atoms with van der Waals surface area (Å²) in [6.45, 7) is 0. The minimum atomic E-state index is -0.618. The molecule has 0 aliphatic rings. The average molecular weight is 353 g/mol. The number of ether oxygens (including phenoxy) is 1. The number of para-hydroxylation sites is 2. The third-order valence-electron chi connectivity index (χ3n) is 3.39. The van der Waals surface area contributed by atoms with Crippen molar-refractivity contribution >= 4 is 38.7 Å². The molecular weight excluding hydrogens is 341 g/mol. The van der Waals surface area contributed by atoms with E-state index >= 15 is 0 Å². The number of halogens is 1. The fraction of sp³-hybridized carbons (Fsp3) is 0.0556. The third-order valence-corrected chi connectivity index (χ3v) is 4.33. The van der Waals surface area contributed by atoms with E-state index in [2.05, 4.69) is 10.3 Å². The summed E-state index contributed by atoms with van der Waals surface area (Å²) in [5, 5.41) is 12.1. The van der Waals surface area contributed by atoms with Crippen LogP contribution < -0.4 is 10.1 Å². The van der Waals surface area contributed by atoms with E-state index in [1.54, 1.807) is 36.4 Å². The highest BCUT2D eigenvalue weighted by Gasteiger charge is 2.14. The lowest BCUT2D eigenvalue weighted by atomic mass is 10.1. The smallest absolute Gasteiger partial charge is 0.268 e. The van der Waals surface area contributed by atoms with Gasteiger partial charge in [-0.05, 0) is 24.3 Å². The Morgan fingerprint density at radius 1 is 1.32 bits per heavy atom. The fourth-order valence-electron chi connectivity index (χ4n) is 2.22. The van der Waals surface area contributed by atoms with Crippen molar-refractivity contribution in [2.24, 2.45) is 0 Å². The van der Waals surface area contributed by atoms with Gasteiger partial charge in [0.25, 0.3) is 5.91 Å². The highest BCUT2D eigenvalue weighted by Crippen LogP contribution is 2.28. The van der Waals surface area contributed by atoms with Crippen molar-refractivity contribution in [3.8, 4) is 11.8 Å². The summed E-state index contributed by atoms with van der Waals surface area (Å²) in [6.07, 6.45) is 1.43. The van der Waals surface area contributed by atoms with E-state index in [-0.39, 0.29) is 16.2 Å². The summed E-state index contributed by atoms with van der Waals surface area (Å²) in [7, 11) is 1.51. The van der Waals surface area contributed by atoms with E-state index in [4.69, 9.17) is 4.74 Å². The Labute approximate surface area is 147 Å². The number of hydrogen-bond acceptors (Lipinski definition) is 5. The van der Waals surface area contributed by atoms with Crippen LogP contribution in [0.5, 0.6) is 5.75 Å². The molecule has 3 aromatic rings. The van der Waals surface area contributed by atoms with Crippen LogP contribution in [0.15, 0.2) is 48.0 Å². The summed E-state index contributed by atoms with van der Waals surface area (Å²) < 4.78 is 19.5. The maximum absolute atomic E-state index is 13.7. The van der Waals surface area contributed by atoms with Gasteiger partial charge < -0.3 is 4.74 Å².